The number of halogens is 1. The lowest BCUT2D eigenvalue weighted by molar-refractivity contribution is 0.0940. The third-order valence-corrected chi connectivity index (χ3v) is 5.84. The molecule has 166 valence electrons. The van der Waals surface area contributed by atoms with E-state index in [2.05, 4.69) is 15.6 Å². The lowest BCUT2D eigenvalue weighted by Gasteiger charge is -2.22. The highest BCUT2D eigenvalue weighted by molar-refractivity contribution is 6.06. The van der Waals surface area contributed by atoms with Crippen molar-refractivity contribution >= 4 is 29.2 Å². The fourth-order valence-electron chi connectivity index (χ4n) is 4.28. The van der Waals surface area contributed by atoms with Crippen molar-refractivity contribution in [3.8, 4) is 0 Å². The van der Waals surface area contributed by atoms with Crippen molar-refractivity contribution in [2.45, 2.75) is 52.5 Å². The molecule has 8 heteroatoms. The minimum atomic E-state index is -0.801. The van der Waals surface area contributed by atoms with Crippen molar-refractivity contribution in [2.75, 3.05) is 5.32 Å². The Kier molecular flexibility index (Phi) is 5.11. The SMILES string of the molecule is CCC(C=Nc1c(Nc2c(F)cc(C)c3c2C(=O)NC3(C)C)c(=O)c1=O)c1ccc(C)o1. The van der Waals surface area contributed by atoms with Crippen LogP contribution in [0.15, 0.2) is 37.2 Å². The number of carbonyl (C=O) groups is 1. The van der Waals surface area contributed by atoms with Crippen LogP contribution in [-0.4, -0.2) is 12.1 Å². The molecule has 4 rings (SSSR count). The van der Waals surface area contributed by atoms with Gasteiger partial charge < -0.3 is 15.1 Å². The maximum absolute atomic E-state index is 14.9. The zero-order valence-corrected chi connectivity index (χ0v) is 18.6. The zero-order chi connectivity index (χ0) is 23.4. The second kappa shape index (κ2) is 7.55. The summed E-state index contributed by atoms with van der Waals surface area (Å²) in [5.74, 6) is 0.136. The molecule has 0 saturated heterocycles. The summed E-state index contributed by atoms with van der Waals surface area (Å²) in [6, 6.07) is 4.98. The van der Waals surface area contributed by atoms with Crippen molar-refractivity contribution in [1.82, 2.24) is 5.32 Å². The number of aliphatic imine (C=N–C) groups is 1. The number of anilines is 2. The molecule has 32 heavy (non-hydrogen) atoms. The summed E-state index contributed by atoms with van der Waals surface area (Å²) in [5, 5.41) is 5.52. The molecule has 0 spiro atoms. The molecule has 0 radical (unpaired) electrons. The summed E-state index contributed by atoms with van der Waals surface area (Å²) in [6.45, 7) is 9.14. The van der Waals surface area contributed by atoms with Gasteiger partial charge in [-0.15, -0.1) is 0 Å². The maximum Gasteiger partial charge on any atom is 0.255 e. The number of benzene rings is 1. The highest BCUT2D eigenvalue weighted by Gasteiger charge is 2.40. The first kappa shape index (κ1) is 21.7. The Bertz CT molecular complexity index is 1340. The zero-order valence-electron chi connectivity index (χ0n) is 18.6. The minimum absolute atomic E-state index is 0.0943. The van der Waals surface area contributed by atoms with Crippen LogP contribution in [0.4, 0.5) is 21.5 Å². The minimum Gasteiger partial charge on any atom is -0.466 e. The van der Waals surface area contributed by atoms with Gasteiger partial charge in [0.15, 0.2) is 0 Å². The third kappa shape index (κ3) is 3.36. The van der Waals surface area contributed by atoms with Crippen LogP contribution >= 0.6 is 0 Å². The van der Waals surface area contributed by atoms with E-state index in [-0.39, 0.29) is 28.5 Å². The van der Waals surface area contributed by atoms with Gasteiger partial charge >= 0.3 is 0 Å². The average Bonchev–Trinajstić information content (AvgIpc) is 3.25. The van der Waals surface area contributed by atoms with Gasteiger partial charge in [-0.1, -0.05) is 6.92 Å². The fourth-order valence-corrected chi connectivity index (χ4v) is 4.28. The molecule has 0 fully saturated rings. The average molecular weight is 437 g/mol. The third-order valence-electron chi connectivity index (χ3n) is 5.84. The van der Waals surface area contributed by atoms with Gasteiger partial charge in [-0.3, -0.25) is 19.4 Å². The van der Waals surface area contributed by atoms with Crippen LogP contribution in [0.2, 0.25) is 0 Å². The number of amides is 1. The summed E-state index contributed by atoms with van der Waals surface area (Å²) in [6.07, 6.45) is 2.22. The molecule has 3 aromatic rings. The normalized spacial score (nSPS) is 15.9. The van der Waals surface area contributed by atoms with Crippen molar-refractivity contribution in [1.29, 1.82) is 0 Å². The van der Waals surface area contributed by atoms with Crippen LogP contribution in [-0.2, 0) is 5.54 Å². The molecule has 2 heterocycles. The molecule has 0 aliphatic carbocycles. The first-order valence-electron chi connectivity index (χ1n) is 10.4. The second-order valence-electron chi connectivity index (χ2n) is 8.63. The Morgan fingerprint density at radius 2 is 1.91 bits per heavy atom. The van der Waals surface area contributed by atoms with Gasteiger partial charge in [-0.2, -0.15) is 0 Å². The molecule has 1 atom stereocenters. The summed E-state index contributed by atoms with van der Waals surface area (Å²) >= 11 is 0. The van der Waals surface area contributed by atoms with E-state index in [4.69, 9.17) is 4.42 Å². The highest BCUT2D eigenvalue weighted by Crippen LogP contribution is 2.40. The van der Waals surface area contributed by atoms with Crippen molar-refractivity contribution in [3.63, 3.8) is 0 Å². The number of carbonyl (C=O) groups excluding carboxylic acids is 1. The van der Waals surface area contributed by atoms with E-state index >= 15 is 0 Å². The van der Waals surface area contributed by atoms with E-state index in [9.17, 15) is 18.8 Å². The van der Waals surface area contributed by atoms with Gasteiger partial charge in [-0.25, -0.2) is 4.39 Å². The van der Waals surface area contributed by atoms with Gasteiger partial charge in [-0.05, 0) is 63.4 Å². The van der Waals surface area contributed by atoms with Gasteiger partial charge in [0.2, 0.25) is 0 Å². The van der Waals surface area contributed by atoms with E-state index in [1.807, 2.05) is 39.8 Å². The molecule has 2 N–H and O–H groups in total. The molecular weight excluding hydrogens is 413 g/mol. The lowest BCUT2D eigenvalue weighted by Crippen LogP contribution is -2.33. The molecule has 0 saturated carbocycles. The van der Waals surface area contributed by atoms with Crippen LogP contribution in [0.3, 0.4) is 0 Å². The van der Waals surface area contributed by atoms with Crippen LogP contribution < -0.4 is 21.5 Å². The number of aryl methyl sites for hydroxylation is 2. The number of nitrogens with one attached hydrogen (secondary N) is 2. The van der Waals surface area contributed by atoms with Crippen LogP contribution in [0, 0.1) is 19.7 Å². The molecule has 0 bridgehead atoms. The topological polar surface area (TPSA) is 101 Å². The Labute approximate surface area is 184 Å². The van der Waals surface area contributed by atoms with E-state index in [0.29, 0.717) is 23.3 Å². The number of nitrogens with zero attached hydrogens (tertiary/aromatic N) is 1. The largest absolute Gasteiger partial charge is 0.466 e. The molecular formula is C24H24FN3O4. The van der Waals surface area contributed by atoms with Crippen LogP contribution in [0.5, 0.6) is 0 Å². The van der Waals surface area contributed by atoms with Gasteiger partial charge in [0.25, 0.3) is 16.8 Å². The maximum atomic E-state index is 14.9. The van der Waals surface area contributed by atoms with Gasteiger partial charge in [0, 0.05) is 6.21 Å². The molecule has 1 unspecified atom stereocenters. The summed E-state index contributed by atoms with van der Waals surface area (Å²) in [4.78, 5) is 41.3. The fraction of sp³-hybridized carbons (Fsp3) is 0.333. The van der Waals surface area contributed by atoms with Gasteiger partial charge in [0.05, 0.1) is 22.7 Å². The number of hydrogen-bond acceptors (Lipinski definition) is 6. The number of rotatable bonds is 6. The summed E-state index contributed by atoms with van der Waals surface area (Å²) in [5.41, 5.74) is -1.20. The van der Waals surface area contributed by atoms with E-state index in [0.717, 1.165) is 5.76 Å². The Balaban J connectivity index is 1.72. The first-order valence-corrected chi connectivity index (χ1v) is 10.4. The first-order chi connectivity index (χ1) is 15.0. The summed E-state index contributed by atoms with van der Waals surface area (Å²) in [7, 11) is 0. The number of fused-ring (bicyclic) bond motifs is 1. The predicted octanol–water partition coefficient (Wildman–Crippen LogP) is 4.25. The van der Waals surface area contributed by atoms with Crippen molar-refractivity contribution < 1.29 is 13.6 Å². The highest BCUT2D eigenvalue weighted by atomic mass is 19.1. The predicted molar refractivity (Wildman–Crippen MR) is 121 cm³/mol. The van der Waals surface area contributed by atoms with Crippen molar-refractivity contribution in [2.24, 2.45) is 4.99 Å². The Hall–Kier alpha value is -3.55. The Morgan fingerprint density at radius 3 is 2.53 bits per heavy atom. The lowest BCUT2D eigenvalue weighted by atomic mass is 9.89. The summed E-state index contributed by atoms with van der Waals surface area (Å²) < 4.78 is 20.5. The van der Waals surface area contributed by atoms with E-state index in [1.165, 1.54) is 6.07 Å². The standard InChI is InChI=1S/C24H24FN3O4/c1-6-13(15-8-7-12(3)32-15)10-26-19-20(22(30)21(19)29)27-18-14(25)9-11(2)17-16(18)23(31)28-24(17,4)5/h7-10,13,27H,6H2,1-5H3,(H,28,31). The molecule has 1 amide bonds. The smallest absolute Gasteiger partial charge is 0.255 e. The van der Waals surface area contributed by atoms with Gasteiger partial charge in [0.1, 0.15) is 28.7 Å². The second-order valence-corrected chi connectivity index (χ2v) is 8.63. The molecule has 1 aliphatic heterocycles. The molecule has 7 nitrogen and oxygen atoms in total. The molecule has 1 aromatic heterocycles. The molecule has 2 aromatic carbocycles. The van der Waals surface area contributed by atoms with Crippen molar-refractivity contribution in [3.05, 3.63) is 72.7 Å². The van der Waals surface area contributed by atoms with E-state index < -0.39 is 28.1 Å². The van der Waals surface area contributed by atoms with Crippen LogP contribution in [0.1, 0.15) is 66.1 Å². The molecule has 1 aliphatic rings. The van der Waals surface area contributed by atoms with E-state index in [1.54, 1.807) is 13.1 Å². The quantitative estimate of drug-likeness (QED) is 0.444. The number of furan rings is 1. The Morgan fingerprint density at radius 1 is 1.19 bits per heavy atom. The number of hydrogen-bond donors (Lipinski definition) is 2. The van der Waals surface area contributed by atoms with Crippen LogP contribution in [0.25, 0.3) is 0 Å². The monoisotopic (exact) mass is 437 g/mol.